The summed E-state index contributed by atoms with van der Waals surface area (Å²) in [7, 11) is 1.85. The topological polar surface area (TPSA) is 111 Å². The number of rotatable bonds is 7. The summed E-state index contributed by atoms with van der Waals surface area (Å²) >= 11 is 1.72. The number of aryl methyl sites for hydroxylation is 1. The van der Waals surface area contributed by atoms with Crippen LogP contribution in [0.5, 0.6) is 0 Å². The Hall–Kier alpha value is -4.19. The van der Waals surface area contributed by atoms with Crippen LogP contribution in [0.25, 0.3) is 21.5 Å². The molecule has 5 aromatic rings. The number of quaternary nitrogens is 1. The highest BCUT2D eigenvalue weighted by molar-refractivity contribution is 7.15. The molecular formula is C34H38N7O3S+. The fourth-order valence-corrected chi connectivity index (χ4v) is 8.02. The zero-order chi connectivity index (χ0) is 31.0. The van der Waals surface area contributed by atoms with Crippen LogP contribution < -0.4 is 10.5 Å². The van der Waals surface area contributed by atoms with Gasteiger partial charge in [0.15, 0.2) is 0 Å². The third kappa shape index (κ3) is 6.07. The Balaban J connectivity index is 1.02. The molecular weight excluding hydrogens is 586 g/mol. The van der Waals surface area contributed by atoms with Gasteiger partial charge in [0.05, 0.1) is 41.4 Å². The van der Waals surface area contributed by atoms with Crippen molar-refractivity contribution in [2.24, 2.45) is 13.0 Å². The molecule has 2 aliphatic rings. The van der Waals surface area contributed by atoms with Crippen molar-refractivity contribution in [1.82, 2.24) is 29.0 Å². The lowest BCUT2D eigenvalue weighted by Crippen LogP contribution is -3.12. The van der Waals surface area contributed by atoms with E-state index in [0.29, 0.717) is 37.0 Å². The number of piperidine rings is 2. The lowest BCUT2D eigenvalue weighted by molar-refractivity contribution is -0.920. The Labute approximate surface area is 265 Å². The number of nitrogens with one attached hydrogen (secondary N) is 1. The highest BCUT2D eigenvalue weighted by atomic mass is 32.1. The molecule has 1 aromatic carbocycles. The smallest absolute Gasteiger partial charge is 0.262 e. The van der Waals surface area contributed by atoms with Gasteiger partial charge >= 0.3 is 0 Å². The monoisotopic (exact) mass is 624 g/mol. The van der Waals surface area contributed by atoms with Crippen molar-refractivity contribution in [2.75, 3.05) is 26.2 Å². The predicted octanol–water partition coefficient (Wildman–Crippen LogP) is 2.50. The molecule has 0 aliphatic carbocycles. The molecule has 1 unspecified atom stereocenters. The molecule has 11 heteroatoms. The Morgan fingerprint density at radius 1 is 1.09 bits per heavy atom. The van der Waals surface area contributed by atoms with Crippen molar-refractivity contribution in [3.63, 3.8) is 0 Å². The average Bonchev–Trinajstić information content (AvgIpc) is 3.70. The fourth-order valence-electron chi connectivity index (χ4n) is 7.02. The van der Waals surface area contributed by atoms with Gasteiger partial charge in [-0.05, 0) is 42.2 Å². The number of fused-ring (bicyclic) bond motifs is 1. The van der Waals surface area contributed by atoms with Crippen LogP contribution in [0.1, 0.15) is 35.8 Å². The molecule has 2 N–H and O–H groups in total. The van der Waals surface area contributed by atoms with Crippen LogP contribution >= 0.6 is 11.3 Å². The van der Waals surface area contributed by atoms with Gasteiger partial charge in [-0.2, -0.15) is 0 Å². The van der Waals surface area contributed by atoms with Gasteiger partial charge in [-0.15, -0.1) is 11.3 Å². The van der Waals surface area contributed by atoms with E-state index in [1.54, 1.807) is 29.8 Å². The summed E-state index contributed by atoms with van der Waals surface area (Å²) in [6, 6.07) is 16.2. The lowest BCUT2D eigenvalue weighted by atomic mass is 9.79. The number of benzene rings is 1. The maximum Gasteiger partial charge on any atom is 0.262 e. The number of thiazole rings is 1. The van der Waals surface area contributed by atoms with Crippen LogP contribution in [-0.2, 0) is 24.9 Å². The summed E-state index contributed by atoms with van der Waals surface area (Å²) < 4.78 is 3.32. The second-order valence-corrected chi connectivity index (χ2v) is 13.7. The Bertz CT molecular complexity index is 1840. The standard InChI is InChI=1S/C34H37N7O3S/c1-38-15-9-27-31(38)37-23-41(33(27)43)22-34(44)11-17-40(18-12-34)32(42)26-10-16-39(20-28(26)24-5-3-2-4-6-24)21-30-36-19-29(45-30)25-7-13-35-14-8-25/h2-9,13-15,19,23,26,28,44H,10-12,16-18,20-22H2,1H3/p+1/t26-,28+/m1/s1. The molecule has 2 saturated heterocycles. The third-order valence-corrected chi connectivity index (χ3v) is 10.6. The molecule has 0 bridgehead atoms. The summed E-state index contributed by atoms with van der Waals surface area (Å²) in [4.78, 5) is 44.9. The molecule has 6 heterocycles. The van der Waals surface area contributed by atoms with Crippen LogP contribution in [0.2, 0.25) is 0 Å². The van der Waals surface area contributed by atoms with E-state index in [1.165, 1.54) is 21.4 Å². The molecule has 10 nitrogen and oxygen atoms in total. The minimum Gasteiger partial charge on any atom is -0.388 e. The van der Waals surface area contributed by atoms with Crippen LogP contribution in [0.4, 0.5) is 0 Å². The minimum absolute atomic E-state index is 0.102. The van der Waals surface area contributed by atoms with E-state index >= 15 is 0 Å². The second kappa shape index (κ2) is 12.3. The molecule has 2 aliphatic heterocycles. The number of nitrogens with zero attached hydrogens (tertiary/aromatic N) is 6. The van der Waals surface area contributed by atoms with Crippen LogP contribution in [0, 0.1) is 5.92 Å². The summed E-state index contributed by atoms with van der Waals surface area (Å²) in [6.45, 7) is 3.70. The number of hydrogen-bond donors (Lipinski definition) is 2. The zero-order valence-electron chi connectivity index (χ0n) is 25.4. The number of hydrogen-bond acceptors (Lipinski definition) is 7. The highest BCUT2D eigenvalue weighted by Gasteiger charge is 2.42. The maximum atomic E-state index is 14.1. The van der Waals surface area contributed by atoms with Gasteiger partial charge in [0.2, 0.25) is 5.91 Å². The summed E-state index contributed by atoms with van der Waals surface area (Å²) in [5.74, 6) is 0.159. The van der Waals surface area contributed by atoms with Gasteiger partial charge in [0.25, 0.3) is 5.56 Å². The first-order valence-electron chi connectivity index (χ1n) is 15.6. The molecule has 3 atom stereocenters. The van der Waals surface area contributed by atoms with Gasteiger partial charge in [-0.1, -0.05) is 30.3 Å². The van der Waals surface area contributed by atoms with E-state index in [-0.39, 0.29) is 29.8 Å². The van der Waals surface area contributed by atoms with Gasteiger partial charge in [0, 0.05) is 57.3 Å². The van der Waals surface area contributed by atoms with E-state index < -0.39 is 5.60 Å². The number of aliphatic hydroxyl groups is 1. The Morgan fingerprint density at radius 3 is 2.64 bits per heavy atom. The molecule has 0 spiro atoms. The minimum atomic E-state index is -1.07. The van der Waals surface area contributed by atoms with E-state index in [4.69, 9.17) is 4.98 Å². The molecule has 0 saturated carbocycles. The van der Waals surface area contributed by atoms with Crippen molar-refractivity contribution in [2.45, 2.75) is 43.9 Å². The van der Waals surface area contributed by atoms with Crippen molar-refractivity contribution in [3.05, 3.63) is 101 Å². The molecule has 1 amide bonds. The molecule has 232 valence electrons. The number of amides is 1. The van der Waals surface area contributed by atoms with E-state index in [1.807, 2.05) is 47.1 Å². The van der Waals surface area contributed by atoms with Gasteiger partial charge in [0.1, 0.15) is 23.5 Å². The Kier molecular flexibility index (Phi) is 8.07. The first-order valence-corrected chi connectivity index (χ1v) is 16.4. The summed E-state index contributed by atoms with van der Waals surface area (Å²) in [5, 5.41) is 13.1. The summed E-state index contributed by atoms with van der Waals surface area (Å²) in [6.07, 6.45) is 10.5. The molecule has 2 fully saturated rings. The maximum absolute atomic E-state index is 14.1. The van der Waals surface area contributed by atoms with E-state index in [0.717, 1.165) is 41.5 Å². The number of likely N-dealkylation sites (tertiary alicyclic amines) is 2. The largest absolute Gasteiger partial charge is 0.388 e. The normalized spacial score (nSPS) is 21.6. The van der Waals surface area contributed by atoms with Crippen molar-refractivity contribution < 1.29 is 14.8 Å². The number of carbonyl (C=O) groups is 1. The second-order valence-electron chi connectivity index (χ2n) is 12.5. The van der Waals surface area contributed by atoms with Gasteiger partial charge < -0.3 is 19.5 Å². The van der Waals surface area contributed by atoms with Crippen molar-refractivity contribution in [1.29, 1.82) is 0 Å². The number of carbonyl (C=O) groups excluding carboxylic acids is 1. The molecule has 0 radical (unpaired) electrons. The first kappa shape index (κ1) is 29.5. The van der Waals surface area contributed by atoms with E-state index in [9.17, 15) is 14.7 Å². The van der Waals surface area contributed by atoms with Gasteiger partial charge in [-0.25, -0.2) is 9.97 Å². The zero-order valence-corrected chi connectivity index (χ0v) is 26.2. The van der Waals surface area contributed by atoms with Crippen molar-refractivity contribution in [3.8, 4) is 10.4 Å². The molecule has 45 heavy (non-hydrogen) atoms. The van der Waals surface area contributed by atoms with Crippen LogP contribution in [0.3, 0.4) is 0 Å². The molecule has 7 rings (SSSR count). The SMILES string of the molecule is Cn1ccc2c(=O)n(CC3(O)CCN(C(=O)[C@@H]4CC[NH+](Cc5ncc(-c6ccncc6)s5)C[C@H]4c4ccccc4)CC3)cnc21. The number of pyridine rings is 1. The lowest BCUT2D eigenvalue weighted by Gasteiger charge is -2.42. The highest BCUT2D eigenvalue weighted by Crippen LogP contribution is 2.33. The first-order chi connectivity index (χ1) is 21.9. The Morgan fingerprint density at radius 2 is 1.87 bits per heavy atom. The third-order valence-electron chi connectivity index (χ3n) is 9.59. The van der Waals surface area contributed by atoms with Gasteiger partial charge in [-0.3, -0.25) is 19.1 Å². The van der Waals surface area contributed by atoms with Crippen LogP contribution in [0.15, 0.2) is 84.4 Å². The average molecular weight is 625 g/mol. The molecule has 4 aromatic heterocycles. The quantitative estimate of drug-likeness (QED) is 0.288. The predicted molar refractivity (Wildman–Crippen MR) is 173 cm³/mol. The number of aromatic nitrogens is 5. The van der Waals surface area contributed by atoms with Crippen LogP contribution in [-0.4, -0.2) is 71.8 Å². The fraction of sp³-hybridized carbons (Fsp3) is 0.382. The van der Waals surface area contributed by atoms with Crippen molar-refractivity contribution >= 4 is 28.3 Å². The van der Waals surface area contributed by atoms with E-state index in [2.05, 4.69) is 34.2 Å². The summed E-state index contributed by atoms with van der Waals surface area (Å²) in [5.41, 5.74) is 1.73.